The van der Waals surface area contributed by atoms with Crippen molar-refractivity contribution >= 4 is 15.9 Å². The number of nitrogens with one attached hydrogen (secondary N) is 2. The van der Waals surface area contributed by atoms with Gasteiger partial charge in [0.05, 0.1) is 11.3 Å². The standard InChI is InChI=1S/C9H19N3O2S/c1-2-8(9(10)11)12-15(13,14)7-5-3-4-6-7/h7-8,12H,2-6H2,1H3,(H3,10,11). The van der Waals surface area contributed by atoms with Gasteiger partial charge in [0.15, 0.2) is 0 Å². The Hall–Kier alpha value is -0.620. The monoisotopic (exact) mass is 233 g/mol. The number of amidine groups is 1. The second kappa shape index (κ2) is 4.94. The van der Waals surface area contributed by atoms with E-state index < -0.39 is 16.1 Å². The first kappa shape index (κ1) is 12.4. The smallest absolute Gasteiger partial charge is 0.215 e. The Morgan fingerprint density at radius 3 is 2.47 bits per heavy atom. The van der Waals surface area contributed by atoms with Crippen LogP contribution in [0.3, 0.4) is 0 Å². The van der Waals surface area contributed by atoms with Crippen LogP contribution < -0.4 is 10.5 Å². The molecule has 0 spiro atoms. The lowest BCUT2D eigenvalue weighted by atomic mass is 10.2. The molecule has 0 aromatic carbocycles. The maximum Gasteiger partial charge on any atom is 0.215 e. The normalized spacial score (nSPS) is 20.3. The van der Waals surface area contributed by atoms with Crippen LogP contribution in [-0.4, -0.2) is 25.5 Å². The van der Waals surface area contributed by atoms with Crippen molar-refractivity contribution in [3.63, 3.8) is 0 Å². The molecule has 0 saturated heterocycles. The molecule has 0 heterocycles. The van der Waals surface area contributed by atoms with E-state index in [1.54, 1.807) is 0 Å². The molecule has 15 heavy (non-hydrogen) atoms. The highest BCUT2D eigenvalue weighted by atomic mass is 32.2. The Kier molecular flexibility index (Phi) is 4.10. The third kappa shape index (κ3) is 3.17. The van der Waals surface area contributed by atoms with Gasteiger partial charge in [-0.15, -0.1) is 0 Å². The molecule has 0 aromatic heterocycles. The van der Waals surface area contributed by atoms with E-state index in [2.05, 4.69) is 4.72 Å². The van der Waals surface area contributed by atoms with Gasteiger partial charge in [0.2, 0.25) is 10.0 Å². The highest BCUT2D eigenvalue weighted by molar-refractivity contribution is 7.90. The zero-order chi connectivity index (χ0) is 11.5. The van der Waals surface area contributed by atoms with Gasteiger partial charge in [-0.1, -0.05) is 19.8 Å². The van der Waals surface area contributed by atoms with E-state index >= 15 is 0 Å². The van der Waals surface area contributed by atoms with Crippen LogP contribution in [0.4, 0.5) is 0 Å². The molecule has 0 bridgehead atoms. The van der Waals surface area contributed by atoms with E-state index in [9.17, 15) is 8.42 Å². The van der Waals surface area contributed by atoms with Crippen LogP contribution >= 0.6 is 0 Å². The molecule has 4 N–H and O–H groups in total. The molecule has 1 atom stereocenters. The van der Waals surface area contributed by atoms with Crippen molar-refractivity contribution in [2.24, 2.45) is 5.73 Å². The van der Waals surface area contributed by atoms with Crippen LogP contribution in [0.5, 0.6) is 0 Å². The molecular formula is C9H19N3O2S. The molecule has 88 valence electrons. The minimum atomic E-state index is -3.29. The van der Waals surface area contributed by atoms with Gasteiger partial charge in [0.25, 0.3) is 0 Å². The Bertz CT molecular complexity index is 320. The minimum Gasteiger partial charge on any atom is -0.386 e. The molecule has 1 rings (SSSR count). The van der Waals surface area contributed by atoms with Gasteiger partial charge >= 0.3 is 0 Å². The van der Waals surface area contributed by atoms with Gasteiger partial charge in [-0.2, -0.15) is 0 Å². The van der Waals surface area contributed by atoms with Crippen LogP contribution in [0.2, 0.25) is 0 Å². The van der Waals surface area contributed by atoms with Crippen molar-refractivity contribution in [2.45, 2.75) is 50.3 Å². The lowest BCUT2D eigenvalue weighted by molar-refractivity contribution is 0.555. The van der Waals surface area contributed by atoms with Crippen molar-refractivity contribution in [3.05, 3.63) is 0 Å². The SMILES string of the molecule is CCC(NS(=O)(=O)C1CCCC1)C(=N)N. The first-order valence-corrected chi connectivity index (χ1v) is 6.87. The van der Waals surface area contributed by atoms with Gasteiger partial charge in [0, 0.05) is 0 Å². The zero-order valence-corrected chi connectivity index (χ0v) is 9.81. The molecule has 0 amide bonds. The average molecular weight is 233 g/mol. The Morgan fingerprint density at radius 1 is 1.53 bits per heavy atom. The van der Waals surface area contributed by atoms with Gasteiger partial charge in [-0.3, -0.25) is 5.41 Å². The van der Waals surface area contributed by atoms with Crippen LogP contribution in [-0.2, 0) is 10.0 Å². The molecule has 1 aliphatic carbocycles. The average Bonchev–Trinajstić information content (AvgIpc) is 2.67. The van der Waals surface area contributed by atoms with Crippen LogP contribution in [0.1, 0.15) is 39.0 Å². The fourth-order valence-electron chi connectivity index (χ4n) is 1.86. The van der Waals surface area contributed by atoms with Gasteiger partial charge in [-0.25, -0.2) is 13.1 Å². The number of nitrogens with two attached hydrogens (primary N) is 1. The molecule has 1 saturated carbocycles. The Balaban J connectivity index is 2.65. The lowest BCUT2D eigenvalue weighted by Crippen LogP contribution is -2.46. The van der Waals surface area contributed by atoms with Crippen molar-refractivity contribution in [3.8, 4) is 0 Å². The fraction of sp³-hybridized carbons (Fsp3) is 0.889. The highest BCUT2D eigenvalue weighted by Gasteiger charge is 2.30. The van der Waals surface area contributed by atoms with E-state index in [-0.39, 0.29) is 11.1 Å². The molecule has 0 aliphatic heterocycles. The van der Waals surface area contributed by atoms with Gasteiger partial charge in [0.1, 0.15) is 5.84 Å². The summed E-state index contributed by atoms with van der Waals surface area (Å²) in [6.45, 7) is 1.81. The largest absolute Gasteiger partial charge is 0.386 e. The van der Waals surface area contributed by atoms with Crippen molar-refractivity contribution in [2.75, 3.05) is 0 Å². The van der Waals surface area contributed by atoms with E-state index in [0.29, 0.717) is 6.42 Å². The summed E-state index contributed by atoms with van der Waals surface area (Å²) in [6.07, 6.45) is 3.92. The summed E-state index contributed by atoms with van der Waals surface area (Å²) >= 11 is 0. The maximum absolute atomic E-state index is 11.8. The van der Waals surface area contributed by atoms with E-state index in [0.717, 1.165) is 25.7 Å². The number of hydrogen-bond donors (Lipinski definition) is 3. The predicted molar refractivity (Wildman–Crippen MR) is 60.3 cm³/mol. The minimum absolute atomic E-state index is 0.112. The third-order valence-electron chi connectivity index (χ3n) is 2.83. The molecule has 1 fully saturated rings. The molecule has 0 radical (unpaired) electrons. The summed E-state index contributed by atoms with van der Waals surface area (Å²) in [5, 5.41) is 6.97. The summed E-state index contributed by atoms with van der Waals surface area (Å²) in [6, 6.07) is -0.546. The Morgan fingerprint density at radius 2 is 2.07 bits per heavy atom. The van der Waals surface area contributed by atoms with E-state index in [4.69, 9.17) is 11.1 Å². The first-order chi connectivity index (χ1) is 6.97. The maximum atomic E-state index is 11.8. The van der Waals surface area contributed by atoms with Crippen LogP contribution in [0.25, 0.3) is 0 Å². The summed E-state index contributed by atoms with van der Waals surface area (Å²) in [7, 11) is -3.29. The number of sulfonamides is 1. The fourth-order valence-corrected chi connectivity index (χ4v) is 3.70. The molecule has 1 aliphatic rings. The molecule has 0 aromatic rings. The predicted octanol–water partition coefficient (Wildman–Crippen LogP) is 0.563. The first-order valence-electron chi connectivity index (χ1n) is 5.32. The van der Waals surface area contributed by atoms with Crippen molar-refractivity contribution < 1.29 is 8.42 Å². The van der Waals surface area contributed by atoms with Crippen molar-refractivity contribution in [1.29, 1.82) is 5.41 Å². The third-order valence-corrected chi connectivity index (χ3v) is 4.79. The molecule has 5 nitrogen and oxygen atoms in total. The zero-order valence-electron chi connectivity index (χ0n) is 8.99. The Labute approximate surface area is 91.0 Å². The van der Waals surface area contributed by atoms with Gasteiger partial charge in [-0.05, 0) is 19.3 Å². The summed E-state index contributed by atoms with van der Waals surface area (Å²) < 4.78 is 26.2. The van der Waals surface area contributed by atoms with Crippen molar-refractivity contribution in [1.82, 2.24) is 4.72 Å². The molecular weight excluding hydrogens is 214 g/mol. The number of rotatable bonds is 5. The molecule has 6 heteroatoms. The summed E-state index contributed by atoms with van der Waals surface area (Å²) in [5.74, 6) is -0.112. The second-order valence-electron chi connectivity index (χ2n) is 3.99. The van der Waals surface area contributed by atoms with Crippen LogP contribution in [0, 0.1) is 5.41 Å². The summed E-state index contributed by atoms with van der Waals surface area (Å²) in [5.41, 5.74) is 5.31. The number of hydrogen-bond acceptors (Lipinski definition) is 3. The molecule has 1 unspecified atom stereocenters. The highest BCUT2D eigenvalue weighted by Crippen LogP contribution is 2.24. The quantitative estimate of drug-likeness (QED) is 0.478. The summed E-state index contributed by atoms with van der Waals surface area (Å²) in [4.78, 5) is 0. The van der Waals surface area contributed by atoms with Crippen LogP contribution in [0.15, 0.2) is 0 Å². The van der Waals surface area contributed by atoms with E-state index in [1.807, 2.05) is 6.92 Å². The van der Waals surface area contributed by atoms with E-state index in [1.165, 1.54) is 0 Å². The lowest BCUT2D eigenvalue weighted by Gasteiger charge is -2.18. The van der Waals surface area contributed by atoms with Gasteiger partial charge < -0.3 is 5.73 Å². The topological polar surface area (TPSA) is 96.0 Å². The second-order valence-corrected chi connectivity index (χ2v) is 5.98.